The third-order valence-electron chi connectivity index (χ3n) is 3.41. The maximum atomic E-state index is 10.7. The van der Waals surface area contributed by atoms with Gasteiger partial charge in [-0.1, -0.05) is 36.0 Å². The lowest BCUT2D eigenvalue weighted by Gasteiger charge is -2.14. The van der Waals surface area contributed by atoms with Crippen molar-refractivity contribution in [2.24, 2.45) is 0 Å². The molecule has 0 spiro atoms. The molecule has 1 heterocycles. The molecule has 1 aliphatic rings. The summed E-state index contributed by atoms with van der Waals surface area (Å²) in [5.41, 5.74) is 8.50. The number of fused-ring (bicyclic) bond motifs is 1. The van der Waals surface area contributed by atoms with Crippen LogP contribution in [-0.2, 0) is 17.6 Å². The Labute approximate surface area is 120 Å². The number of nitrogens with two attached hydrogens (primary N) is 1. The molecule has 0 fully saturated rings. The van der Waals surface area contributed by atoms with Gasteiger partial charge in [-0.3, -0.25) is 9.36 Å². The van der Waals surface area contributed by atoms with Gasteiger partial charge in [0.15, 0.2) is 5.16 Å². The molecule has 104 valence electrons. The maximum Gasteiger partial charge on any atom is 0.313 e. The average molecular weight is 290 g/mol. The van der Waals surface area contributed by atoms with Crippen molar-refractivity contribution in [3.8, 4) is 0 Å². The van der Waals surface area contributed by atoms with Crippen LogP contribution in [0, 0.1) is 0 Å². The summed E-state index contributed by atoms with van der Waals surface area (Å²) >= 11 is 1.15. The lowest BCUT2D eigenvalue weighted by atomic mass is 10.1. The van der Waals surface area contributed by atoms with Crippen LogP contribution in [0.4, 0.5) is 5.95 Å². The fraction of sp³-hybridized carbons (Fsp3) is 0.308. The van der Waals surface area contributed by atoms with Gasteiger partial charge in [-0.25, -0.2) is 0 Å². The fourth-order valence-electron chi connectivity index (χ4n) is 2.57. The third kappa shape index (κ3) is 2.36. The highest BCUT2D eigenvalue weighted by Crippen LogP contribution is 2.34. The van der Waals surface area contributed by atoms with Crippen molar-refractivity contribution in [1.29, 1.82) is 0 Å². The molecule has 0 radical (unpaired) electrons. The van der Waals surface area contributed by atoms with Crippen LogP contribution in [0.3, 0.4) is 0 Å². The highest BCUT2D eigenvalue weighted by Gasteiger charge is 2.26. The van der Waals surface area contributed by atoms with E-state index in [1.807, 2.05) is 16.7 Å². The Morgan fingerprint density at radius 1 is 1.35 bits per heavy atom. The average Bonchev–Trinajstić information content (AvgIpc) is 2.99. The molecule has 1 aromatic heterocycles. The van der Waals surface area contributed by atoms with Gasteiger partial charge in [0.25, 0.3) is 0 Å². The summed E-state index contributed by atoms with van der Waals surface area (Å²) < 4.78 is 1.85. The van der Waals surface area contributed by atoms with Crippen LogP contribution in [0.15, 0.2) is 29.4 Å². The van der Waals surface area contributed by atoms with Gasteiger partial charge in [0.05, 0.1) is 5.75 Å². The van der Waals surface area contributed by atoms with Gasteiger partial charge < -0.3 is 10.8 Å². The fourth-order valence-corrected chi connectivity index (χ4v) is 3.31. The minimum Gasteiger partial charge on any atom is -0.481 e. The predicted octanol–water partition coefficient (Wildman–Crippen LogP) is 1.38. The molecule has 7 heteroatoms. The molecule has 0 amide bonds. The van der Waals surface area contributed by atoms with Gasteiger partial charge >= 0.3 is 5.97 Å². The Kier molecular flexibility index (Phi) is 3.35. The van der Waals surface area contributed by atoms with E-state index < -0.39 is 5.97 Å². The first kappa shape index (κ1) is 13.0. The largest absolute Gasteiger partial charge is 0.481 e. The van der Waals surface area contributed by atoms with Crippen molar-refractivity contribution >= 4 is 23.7 Å². The Morgan fingerprint density at radius 2 is 2.00 bits per heavy atom. The second-order valence-corrected chi connectivity index (χ2v) is 5.67. The number of hydrogen-bond acceptors (Lipinski definition) is 5. The molecule has 3 N–H and O–H groups in total. The Hall–Kier alpha value is -2.02. The molecular weight excluding hydrogens is 276 g/mol. The summed E-state index contributed by atoms with van der Waals surface area (Å²) in [7, 11) is 0. The number of thioether (sulfide) groups is 1. The molecule has 0 aliphatic heterocycles. The number of carboxylic acid groups (broad SMARTS) is 1. The van der Waals surface area contributed by atoms with Gasteiger partial charge in [-0.15, -0.1) is 10.2 Å². The summed E-state index contributed by atoms with van der Waals surface area (Å²) in [5, 5.41) is 17.2. The molecule has 2 aromatic rings. The first-order valence-electron chi connectivity index (χ1n) is 6.27. The van der Waals surface area contributed by atoms with E-state index in [4.69, 9.17) is 10.8 Å². The first-order valence-corrected chi connectivity index (χ1v) is 7.25. The van der Waals surface area contributed by atoms with E-state index in [9.17, 15) is 4.79 Å². The number of anilines is 1. The van der Waals surface area contributed by atoms with Crippen molar-refractivity contribution < 1.29 is 9.90 Å². The minimum atomic E-state index is -0.877. The number of nitrogens with zero attached hydrogens (tertiary/aromatic N) is 3. The molecule has 1 aromatic carbocycles. The van der Waals surface area contributed by atoms with Gasteiger partial charge in [-0.2, -0.15) is 0 Å². The number of aliphatic carboxylic acids is 1. The second-order valence-electron chi connectivity index (χ2n) is 4.72. The Morgan fingerprint density at radius 3 is 2.60 bits per heavy atom. The highest BCUT2D eigenvalue weighted by atomic mass is 32.2. The molecule has 0 atom stereocenters. The number of benzene rings is 1. The molecular formula is C13H14N4O2S. The molecule has 6 nitrogen and oxygen atoms in total. The number of aromatic nitrogens is 3. The quantitative estimate of drug-likeness (QED) is 0.826. The normalized spacial score (nSPS) is 14.4. The van der Waals surface area contributed by atoms with Crippen LogP contribution in [-0.4, -0.2) is 31.6 Å². The van der Waals surface area contributed by atoms with E-state index >= 15 is 0 Å². The van der Waals surface area contributed by atoms with E-state index in [0.29, 0.717) is 11.1 Å². The SMILES string of the molecule is Nc1nnc(SCC(=O)O)n1C1Cc2ccccc2C1. The van der Waals surface area contributed by atoms with Gasteiger partial charge in [0.1, 0.15) is 0 Å². The zero-order chi connectivity index (χ0) is 14.1. The summed E-state index contributed by atoms with van der Waals surface area (Å²) in [4.78, 5) is 10.7. The molecule has 0 saturated carbocycles. The molecule has 0 bridgehead atoms. The standard InChI is InChI=1S/C13H14N4O2S/c14-12-15-16-13(20-7-11(18)19)17(12)10-5-8-3-1-2-4-9(8)6-10/h1-4,10H,5-7H2,(H2,14,15)(H,18,19). The second kappa shape index (κ2) is 5.16. The molecule has 0 unspecified atom stereocenters. The predicted molar refractivity (Wildman–Crippen MR) is 75.7 cm³/mol. The van der Waals surface area contributed by atoms with E-state index in [1.54, 1.807) is 0 Å². The number of carbonyl (C=O) groups is 1. The van der Waals surface area contributed by atoms with E-state index in [2.05, 4.69) is 22.3 Å². The lowest BCUT2D eigenvalue weighted by Crippen LogP contribution is -2.14. The number of hydrogen-bond donors (Lipinski definition) is 2. The zero-order valence-electron chi connectivity index (χ0n) is 10.7. The summed E-state index contributed by atoms with van der Waals surface area (Å²) in [5.74, 6) is -0.578. The van der Waals surface area contributed by atoms with Crippen LogP contribution in [0.2, 0.25) is 0 Å². The monoisotopic (exact) mass is 290 g/mol. The first-order chi connectivity index (χ1) is 9.65. The molecule has 0 saturated heterocycles. The van der Waals surface area contributed by atoms with Crippen LogP contribution >= 0.6 is 11.8 Å². The maximum absolute atomic E-state index is 10.7. The van der Waals surface area contributed by atoms with E-state index in [1.165, 1.54) is 11.1 Å². The molecule has 20 heavy (non-hydrogen) atoms. The summed E-state index contributed by atoms with van der Waals surface area (Å²) in [6.07, 6.45) is 1.75. The third-order valence-corrected chi connectivity index (χ3v) is 4.34. The van der Waals surface area contributed by atoms with Crippen LogP contribution in [0.5, 0.6) is 0 Å². The smallest absolute Gasteiger partial charge is 0.313 e. The van der Waals surface area contributed by atoms with Gasteiger partial charge in [0.2, 0.25) is 5.95 Å². The van der Waals surface area contributed by atoms with Crippen LogP contribution in [0.1, 0.15) is 17.2 Å². The van der Waals surface area contributed by atoms with Crippen LogP contribution in [0.25, 0.3) is 0 Å². The topological polar surface area (TPSA) is 94.0 Å². The van der Waals surface area contributed by atoms with Gasteiger partial charge in [0, 0.05) is 6.04 Å². The van der Waals surface area contributed by atoms with Crippen LogP contribution < -0.4 is 5.73 Å². The number of rotatable bonds is 4. The Balaban J connectivity index is 1.85. The summed E-state index contributed by atoms with van der Waals surface area (Å²) in [6, 6.07) is 8.44. The van der Waals surface area contributed by atoms with Crippen molar-refractivity contribution in [1.82, 2.24) is 14.8 Å². The lowest BCUT2D eigenvalue weighted by molar-refractivity contribution is -0.133. The molecule has 3 rings (SSSR count). The summed E-state index contributed by atoms with van der Waals surface area (Å²) in [6.45, 7) is 0. The minimum absolute atomic E-state index is 0.0438. The van der Waals surface area contributed by atoms with Crippen molar-refractivity contribution in [2.45, 2.75) is 24.0 Å². The van der Waals surface area contributed by atoms with Crippen molar-refractivity contribution in [3.05, 3.63) is 35.4 Å². The van der Waals surface area contributed by atoms with Crippen molar-refractivity contribution in [3.63, 3.8) is 0 Å². The Bertz CT molecular complexity index is 631. The number of nitrogen functional groups attached to an aromatic ring is 1. The number of carboxylic acids is 1. The molecule has 1 aliphatic carbocycles. The zero-order valence-corrected chi connectivity index (χ0v) is 11.5. The van der Waals surface area contributed by atoms with Gasteiger partial charge in [-0.05, 0) is 24.0 Å². The van der Waals surface area contributed by atoms with E-state index in [0.717, 1.165) is 24.6 Å². The van der Waals surface area contributed by atoms with Crippen molar-refractivity contribution in [2.75, 3.05) is 11.5 Å². The highest BCUT2D eigenvalue weighted by molar-refractivity contribution is 7.99. The van der Waals surface area contributed by atoms with E-state index in [-0.39, 0.29) is 11.8 Å².